The van der Waals surface area contributed by atoms with Crippen LogP contribution in [0.2, 0.25) is 5.02 Å². The van der Waals surface area contributed by atoms with Crippen molar-refractivity contribution in [2.75, 3.05) is 0 Å². The summed E-state index contributed by atoms with van der Waals surface area (Å²) >= 11 is 9.14. The smallest absolute Gasteiger partial charge is 0.339 e. The van der Waals surface area contributed by atoms with Crippen LogP contribution in [0.3, 0.4) is 0 Å². The van der Waals surface area contributed by atoms with Gasteiger partial charge in [-0.05, 0) is 61.5 Å². The van der Waals surface area contributed by atoms with Gasteiger partial charge < -0.3 is 4.18 Å². The lowest BCUT2D eigenvalue weighted by Gasteiger charge is -2.10. The number of nitrogens with one attached hydrogen (secondary N) is 1. The van der Waals surface area contributed by atoms with Crippen LogP contribution in [0.5, 0.6) is 5.75 Å². The van der Waals surface area contributed by atoms with E-state index in [0.717, 1.165) is 5.56 Å². The summed E-state index contributed by atoms with van der Waals surface area (Å²) in [6, 6.07) is 17.4. The topological polar surface area (TPSA) is 84.8 Å². The molecule has 6 nitrogen and oxygen atoms in total. The van der Waals surface area contributed by atoms with E-state index in [1.807, 2.05) is 6.92 Å². The van der Waals surface area contributed by atoms with Crippen molar-refractivity contribution in [1.82, 2.24) is 5.43 Å². The lowest BCUT2D eigenvalue weighted by molar-refractivity contribution is 0.0955. The molecule has 9 heteroatoms. The Morgan fingerprint density at radius 2 is 1.73 bits per heavy atom. The minimum absolute atomic E-state index is 0.0370. The molecule has 0 heterocycles. The lowest BCUT2D eigenvalue weighted by atomic mass is 10.2. The van der Waals surface area contributed by atoms with E-state index in [1.54, 1.807) is 48.5 Å². The Morgan fingerprint density at radius 1 is 1.07 bits per heavy atom. The summed E-state index contributed by atoms with van der Waals surface area (Å²) in [6.45, 7) is 1.86. The first kappa shape index (κ1) is 22.0. The average Bonchev–Trinajstić information content (AvgIpc) is 2.70. The SMILES string of the molecule is Cc1ccc(S(=O)(=O)Oc2ccc(Br)cc2/C=N\NC(=O)c2ccc(Cl)cc2)cc1. The van der Waals surface area contributed by atoms with Gasteiger partial charge in [0.1, 0.15) is 4.90 Å². The Hall–Kier alpha value is -2.68. The highest BCUT2D eigenvalue weighted by atomic mass is 79.9. The molecule has 3 aromatic carbocycles. The second-order valence-electron chi connectivity index (χ2n) is 6.24. The molecule has 30 heavy (non-hydrogen) atoms. The van der Waals surface area contributed by atoms with Crippen LogP contribution in [0.1, 0.15) is 21.5 Å². The molecule has 3 rings (SSSR count). The van der Waals surface area contributed by atoms with Crippen molar-refractivity contribution in [3.8, 4) is 5.75 Å². The third kappa shape index (κ3) is 5.69. The van der Waals surface area contributed by atoms with Crippen molar-refractivity contribution in [1.29, 1.82) is 0 Å². The zero-order chi connectivity index (χ0) is 21.7. The summed E-state index contributed by atoms with van der Waals surface area (Å²) in [6.07, 6.45) is 1.30. The summed E-state index contributed by atoms with van der Waals surface area (Å²) in [5.41, 5.74) is 4.05. The van der Waals surface area contributed by atoms with Gasteiger partial charge in [-0.1, -0.05) is 45.2 Å². The van der Waals surface area contributed by atoms with Crippen LogP contribution < -0.4 is 9.61 Å². The molecule has 0 spiro atoms. The molecule has 0 saturated carbocycles. The second-order valence-corrected chi connectivity index (χ2v) is 9.14. The molecule has 0 saturated heterocycles. The van der Waals surface area contributed by atoms with Crippen molar-refractivity contribution >= 4 is 49.8 Å². The fraction of sp³-hybridized carbons (Fsp3) is 0.0476. The fourth-order valence-corrected chi connectivity index (χ4v) is 3.85. The van der Waals surface area contributed by atoms with Crippen molar-refractivity contribution in [3.05, 3.63) is 92.9 Å². The van der Waals surface area contributed by atoms with Crippen molar-refractivity contribution in [2.45, 2.75) is 11.8 Å². The first-order chi connectivity index (χ1) is 14.2. The third-order valence-electron chi connectivity index (χ3n) is 3.96. The molecule has 0 bridgehead atoms. The minimum atomic E-state index is -4.03. The highest BCUT2D eigenvalue weighted by Crippen LogP contribution is 2.25. The van der Waals surface area contributed by atoms with E-state index in [2.05, 4.69) is 26.5 Å². The number of nitrogens with zero attached hydrogens (tertiary/aromatic N) is 1. The van der Waals surface area contributed by atoms with Gasteiger partial charge in [-0.25, -0.2) is 5.43 Å². The van der Waals surface area contributed by atoms with E-state index in [1.165, 1.54) is 24.4 Å². The molecule has 0 aliphatic carbocycles. The van der Waals surface area contributed by atoms with Crippen molar-refractivity contribution < 1.29 is 17.4 Å². The van der Waals surface area contributed by atoms with E-state index in [9.17, 15) is 13.2 Å². The molecule has 154 valence electrons. The van der Waals surface area contributed by atoms with E-state index in [4.69, 9.17) is 15.8 Å². The number of carbonyl (C=O) groups excluding carboxylic acids is 1. The summed E-state index contributed by atoms with van der Waals surface area (Å²) < 4.78 is 31.2. The normalized spacial score (nSPS) is 11.4. The lowest BCUT2D eigenvalue weighted by Crippen LogP contribution is -2.17. The van der Waals surface area contributed by atoms with E-state index >= 15 is 0 Å². The highest BCUT2D eigenvalue weighted by Gasteiger charge is 2.18. The summed E-state index contributed by atoms with van der Waals surface area (Å²) in [5.74, 6) is -0.365. The van der Waals surface area contributed by atoms with Crippen LogP contribution in [0.25, 0.3) is 0 Å². The first-order valence-electron chi connectivity index (χ1n) is 8.64. The fourth-order valence-electron chi connectivity index (χ4n) is 2.39. The predicted molar refractivity (Wildman–Crippen MR) is 120 cm³/mol. The Kier molecular flexibility index (Phi) is 6.91. The number of hydrogen-bond acceptors (Lipinski definition) is 5. The number of hydrogen-bond donors (Lipinski definition) is 1. The van der Waals surface area contributed by atoms with Gasteiger partial charge in [0.15, 0.2) is 5.75 Å². The molecule has 0 aliphatic rings. The van der Waals surface area contributed by atoms with Crippen LogP contribution >= 0.6 is 27.5 Å². The molecule has 0 fully saturated rings. The first-order valence-corrected chi connectivity index (χ1v) is 11.2. The molecular weight excluding hydrogens is 492 g/mol. The minimum Gasteiger partial charge on any atom is -0.378 e. The summed E-state index contributed by atoms with van der Waals surface area (Å²) in [7, 11) is -4.03. The van der Waals surface area contributed by atoms with Gasteiger partial charge in [0.25, 0.3) is 5.91 Å². The zero-order valence-corrected chi connectivity index (χ0v) is 18.8. The number of halogens is 2. The maximum Gasteiger partial charge on any atom is 0.339 e. The van der Waals surface area contributed by atoms with Crippen LogP contribution in [-0.4, -0.2) is 20.5 Å². The molecule has 1 amide bonds. The van der Waals surface area contributed by atoms with Gasteiger partial charge in [-0.3, -0.25) is 4.79 Å². The number of rotatable bonds is 6. The molecule has 0 aliphatic heterocycles. The van der Waals surface area contributed by atoms with Gasteiger partial charge in [0, 0.05) is 20.6 Å². The quantitative estimate of drug-likeness (QED) is 0.291. The Bertz CT molecular complexity index is 1190. The van der Waals surface area contributed by atoms with Gasteiger partial charge in [-0.2, -0.15) is 13.5 Å². The zero-order valence-electron chi connectivity index (χ0n) is 15.7. The molecular formula is C21H16BrClN2O4S. The third-order valence-corrected chi connectivity index (χ3v) is 5.95. The molecule has 3 aromatic rings. The van der Waals surface area contributed by atoms with Crippen LogP contribution in [0, 0.1) is 6.92 Å². The second kappa shape index (κ2) is 9.42. The molecule has 0 unspecified atom stereocenters. The number of aryl methyl sites for hydroxylation is 1. The Morgan fingerprint density at radius 3 is 2.40 bits per heavy atom. The summed E-state index contributed by atoms with van der Waals surface area (Å²) in [5, 5.41) is 4.42. The number of benzene rings is 3. The Balaban J connectivity index is 1.79. The van der Waals surface area contributed by atoms with Crippen LogP contribution in [0.4, 0.5) is 0 Å². The number of carbonyl (C=O) groups is 1. The average molecular weight is 508 g/mol. The molecule has 0 atom stereocenters. The standard InChI is InChI=1S/C21H16BrClN2O4S/c1-14-2-9-19(10-3-14)30(27,28)29-20-11-6-17(22)12-16(20)13-24-25-21(26)15-4-7-18(23)8-5-15/h2-13H,1H3,(H,25,26)/b24-13-. The van der Waals surface area contributed by atoms with Crippen LogP contribution in [0.15, 0.2) is 81.2 Å². The maximum atomic E-state index is 12.6. The van der Waals surface area contributed by atoms with Crippen LogP contribution in [-0.2, 0) is 10.1 Å². The summed E-state index contributed by atoms with van der Waals surface area (Å²) in [4.78, 5) is 12.2. The van der Waals surface area contributed by atoms with E-state index in [0.29, 0.717) is 20.6 Å². The van der Waals surface area contributed by atoms with Gasteiger partial charge in [-0.15, -0.1) is 0 Å². The molecule has 0 radical (unpaired) electrons. The maximum absolute atomic E-state index is 12.6. The van der Waals surface area contributed by atoms with Gasteiger partial charge in [0.05, 0.1) is 6.21 Å². The van der Waals surface area contributed by atoms with E-state index in [-0.39, 0.29) is 10.6 Å². The number of amides is 1. The molecule has 0 aromatic heterocycles. The predicted octanol–water partition coefficient (Wildman–Crippen LogP) is 4.94. The largest absolute Gasteiger partial charge is 0.378 e. The van der Waals surface area contributed by atoms with E-state index < -0.39 is 16.0 Å². The van der Waals surface area contributed by atoms with Gasteiger partial charge in [0.2, 0.25) is 0 Å². The van der Waals surface area contributed by atoms with Crippen molar-refractivity contribution in [3.63, 3.8) is 0 Å². The van der Waals surface area contributed by atoms with Crippen molar-refractivity contribution in [2.24, 2.45) is 5.10 Å². The molecule has 1 N–H and O–H groups in total. The monoisotopic (exact) mass is 506 g/mol. The Labute approximate surface area is 187 Å². The highest BCUT2D eigenvalue weighted by molar-refractivity contribution is 9.10. The van der Waals surface area contributed by atoms with Gasteiger partial charge >= 0.3 is 10.1 Å². The number of hydrazone groups is 1.